The molecule has 1 rings (SSSR count). The predicted molar refractivity (Wildman–Crippen MR) is 71.1 cm³/mol. The quantitative estimate of drug-likeness (QED) is 0.841. The fourth-order valence-corrected chi connectivity index (χ4v) is 1.47. The van der Waals surface area contributed by atoms with E-state index in [0.29, 0.717) is 6.54 Å². The van der Waals surface area contributed by atoms with Gasteiger partial charge in [-0.2, -0.15) is 0 Å². The molecule has 1 heterocycles. The zero-order valence-corrected chi connectivity index (χ0v) is 11.3. The molecule has 2 N–H and O–H groups in total. The van der Waals surface area contributed by atoms with Crippen molar-refractivity contribution < 1.29 is 4.79 Å². The predicted octanol–water partition coefficient (Wildman–Crippen LogP) is 1.54. The van der Waals surface area contributed by atoms with Crippen molar-refractivity contribution in [1.29, 1.82) is 0 Å². The minimum absolute atomic E-state index is 0. The molecule has 0 fully saturated rings. The molecule has 17 heavy (non-hydrogen) atoms. The van der Waals surface area contributed by atoms with Gasteiger partial charge < -0.3 is 10.6 Å². The van der Waals surface area contributed by atoms with E-state index >= 15 is 0 Å². The van der Waals surface area contributed by atoms with Crippen LogP contribution in [0.3, 0.4) is 0 Å². The Labute approximate surface area is 109 Å². The summed E-state index contributed by atoms with van der Waals surface area (Å²) in [6, 6.07) is 3.83. The van der Waals surface area contributed by atoms with E-state index in [4.69, 9.17) is 0 Å². The molecule has 1 aromatic heterocycles. The van der Waals surface area contributed by atoms with Crippen molar-refractivity contribution in [2.24, 2.45) is 5.92 Å². The number of halogens is 1. The summed E-state index contributed by atoms with van der Waals surface area (Å²) in [6.45, 7) is 4.55. The van der Waals surface area contributed by atoms with E-state index in [1.54, 1.807) is 12.4 Å². The number of carbonyl (C=O) groups excluding carboxylic acids is 1. The standard InChI is InChI=1S/C12H19N3O.ClH/c1-9(7-13-3)12(16)15-10(2)11-5-4-6-14-8-11;/h4-6,8-10,13H,7H2,1-3H3,(H,15,16);1H. The van der Waals surface area contributed by atoms with Crippen molar-refractivity contribution in [3.05, 3.63) is 30.1 Å². The van der Waals surface area contributed by atoms with E-state index in [0.717, 1.165) is 5.56 Å². The van der Waals surface area contributed by atoms with Crippen molar-refractivity contribution in [3.63, 3.8) is 0 Å². The number of rotatable bonds is 5. The lowest BCUT2D eigenvalue weighted by molar-refractivity contribution is -0.125. The zero-order valence-electron chi connectivity index (χ0n) is 10.4. The van der Waals surface area contributed by atoms with Gasteiger partial charge in [0.15, 0.2) is 0 Å². The van der Waals surface area contributed by atoms with Gasteiger partial charge in [0.05, 0.1) is 6.04 Å². The van der Waals surface area contributed by atoms with Crippen LogP contribution in [0.1, 0.15) is 25.5 Å². The second-order valence-electron chi connectivity index (χ2n) is 3.98. The number of nitrogens with one attached hydrogen (secondary N) is 2. The third kappa shape index (κ3) is 5.15. The van der Waals surface area contributed by atoms with Gasteiger partial charge in [0.2, 0.25) is 5.91 Å². The van der Waals surface area contributed by atoms with E-state index in [1.165, 1.54) is 0 Å². The van der Waals surface area contributed by atoms with Gasteiger partial charge in [-0.25, -0.2) is 0 Å². The number of nitrogens with zero attached hydrogens (tertiary/aromatic N) is 1. The monoisotopic (exact) mass is 257 g/mol. The largest absolute Gasteiger partial charge is 0.349 e. The normalized spacial score (nSPS) is 13.4. The summed E-state index contributed by atoms with van der Waals surface area (Å²) >= 11 is 0. The fourth-order valence-electron chi connectivity index (χ4n) is 1.47. The van der Waals surface area contributed by atoms with Crippen LogP contribution in [0.15, 0.2) is 24.5 Å². The average Bonchev–Trinajstić information content (AvgIpc) is 2.30. The molecular formula is C12H20ClN3O. The fraction of sp³-hybridized carbons (Fsp3) is 0.500. The molecule has 1 aromatic rings. The van der Waals surface area contributed by atoms with Crippen molar-refractivity contribution in [2.45, 2.75) is 19.9 Å². The van der Waals surface area contributed by atoms with Gasteiger partial charge in [0, 0.05) is 24.9 Å². The van der Waals surface area contributed by atoms with Crippen LogP contribution in [0.25, 0.3) is 0 Å². The third-order valence-corrected chi connectivity index (χ3v) is 2.50. The maximum Gasteiger partial charge on any atom is 0.224 e. The molecule has 0 aliphatic carbocycles. The first-order chi connectivity index (χ1) is 7.65. The molecule has 0 saturated carbocycles. The number of hydrogen-bond acceptors (Lipinski definition) is 3. The number of aromatic nitrogens is 1. The second kappa shape index (κ2) is 8.03. The molecule has 0 spiro atoms. The Morgan fingerprint density at radius 3 is 2.71 bits per heavy atom. The first-order valence-electron chi connectivity index (χ1n) is 5.50. The maximum atomic E-state index is 11.7. The first kappa shape index (κ1) is 15.9. The summed E-state index contributed by atoms with van der Waals surface area (Å²) in [7, 11) is 1.84. The molecule has 0 radical (unpaired) electrons. The Bertz CT molecular complexity index is 332. The SMILES string of the molecule is CNCC(C)C(=O)NC(C)c1cccnc1.Cl. The van der Waals surface area contributed by atoms with E-state index in [1.807, 2.05) is 33.0 Å². The van der Waals surface area contributed by atoms with Crippen LogP contribution in [0.2, 0.25) is 0 Å². The topological polar surface area (TPSA) is 54.0 Å². The summed E-state index contributed by atoms with van der Waals surface area (Å²) in [6.07, 6.45) is 3.50. The van der Waals surface area contributed by atoms with Gasteiger partial charge in [-0.05, 0) is 25.6 Å². The lowest BCUT2D eigenvalue weighted by Crippen LogP contribution is -2.35. The summed E-state index contributed by atoms with van der Waals surface area (Å²) in [5, 5.41) is 5.95. The molecule has 0 aliphatic rings. The van der Waals surface area contributed by atoms with Crippen molar-refractivity contribution >= 4 is 18.3 Å². The summed E-state index contributed by atoms with van der Waals surface area (Å²) in [5.74, 6) is 0.0369. The Morgan fingerprint density at radius 1 is 1.47 bits per heavy atom. The lowest BCUT2D eigenvalue weighted by atomic mass is 10.1. The molecule has 0 bridgehead atoms. The van der Waals surface area contributed by atoms with Crippen LogP contribution in [-0.2, 0) is 4.79 Å². The van der Waals surface area contributed by atoms with Gasteiger partial charge in [-0.15, -0.1) is 12.4 Å². The highest BCUT2D eigenvalue weighted by atomic mass is 35.5. The van der Waals surface area contributed by atoms with E-state index in [2.05, 4.69) is 15.6 Å². The molecular weight excluding hydrogens is 238 g/mol. The highest BCUT2D eigenvalue weighted by Crippen LogP contribution is 2.10. The van der Waals surface area contributed by atoms with Crippen LogP contribution >= 0.6 is 12.4 Å². The maximum absolute atomic E-state index is 11.7. The van der Waals surface area contributed by atoms with E-state index < -0.39 is 0 Å². The van der Waals surface area contributed by atoms with Crippen LogP contribution in [0.4, 0.5) is 0 Å². The third-order valence-electron chi connectivity index (χ3n) is 2.50. The first-order valence-corrected chi connectivity index (χ1v) is 5.50. The van der Waals surface area contributed by atoms with Gasteiger partial charge in [0.25, 0.3) is 0 Å². The number of carbonyl (C=O) groups is 1. The number of pyridine rings is 1. The molecule has 0 aromatic carbocycles. The van der Waals surface area contributed by atoms with Crippen LogP contribution in [0.5, 0.6) is 0 Å². The molecule has 2 atom stereocenters. The van der Waals surface area contributed by atoms with Crippen molar-refractivity contribution in [2.75, 3.05) is 13.6 Å². The second-order valence-corrected chi connectivity index (χ2v) is 3.98. The van der Waals surface area contributed by atoms with Crippen molar-refractivity contribution in [1.82, 2.24) is 15.6 Å². The van der Waals surface area contributed by atoms with Gasteiger partial charge in [-0.3, -0.25) is 9.78 Å². The minimum Gasteiger partial charge on any atom is -0.349 e. The Kier molecular flexibility index (Phi) is 7.50. The van der Waals surface area contributed by atoms with Crippen molar-refractivity contribution in [3.8, 4) is 0 Å². The summed E-state index contributed by atoms with van der Waals surface area (Å²) in [4.78, 5) is 15.8. The molecule has 4 nitrogen and oxygen atoms in total. The summed E-state index contributed by atoms with van der Waals surface area (Å²) in [5.41, 5.74) is 1.02. The van der Waals surface area contributed by atoms with Gasteiger partial charge in [0.1, 0.15) is 0 Å². The summed E-state index contributed by atoms with van der Waals surface area (Å²) < 4.78 is 0. The Balaban J connectivity index is 0.00000256. The van der Waals surface area contributed by atoms with Gasteiger partial charge >= 0.3 is 0 Å². The number of amides is 1. The molecule has 0 saturated heterocycles. The van der Waals surface area contributed by atoms with E-state index in [9.17, 15) is 4.79 Å². The molecule has 1 amide bonds. The smallest absolute Gasteiger partial charge is 0.224 e. The average molecular weight is 258 g/mol. The van der Waals surface area contributed by atoms with Crippen LogP contribution in [0, 0.1) is 5.92 Å². The zero-order chi connectivity index (χ0) is 12.0. The highest BCUT2D eigenvalue weighted by Gasteiger charge is 2.15. The molecule has 96 valence electrons. The van der Waals surface area contributed by atoms with E-state index in [-0.39, 0.29) is 30.3 Å². The van der Waals surface area contributed by atoms with Crippen LogP contribution in [-0.4, -0.2) is 24.5 Å². The van der Waals surface area contributed by atoms with Crippen LogP contribution < -0.4 is 10.6 Å². The Morgan fingerprint density at radius 2 is 2.18 bits per heavy atom. The van der Waals surface area contributed by atoms with Gasteiger partial charge in [-0.1, -0.05) is 13.0 Å². The Hall–Kier alpha value is -1.13. The molecule has 0 aliphatic heterocycles. The molecule has 5 heteroatoms. The number of hydrogen-bond donors (Lipinski definition) is 2. The lowest BCUT2D eigenvalue weighted by Gasteiger charge is -2.17. The highest BCUT2D eigenvalue weighted by molar-refractivity contribution is 5.85. The molecule has 2 unspecified atom stereocenters. The minimum atomic E-state index is -0.0240.